The summed E-state index contributed by atoms with van der Waals surface area (Å²) in [6, 6.07) is 6.29. The van der Waals surface area contributed by atoms with Crippen molar-refractivity contribution in [1.29, 1.82) is 0 Å². The largest absolute Gasteiger partial charge is 0.469 e. The Morgan fingerprint density at radius 2 is 2.15 bits per heavy atom. The van der Waals surface area contributed by atoms with Gasteiger partial charge in [-0.1, -0.05) is 0 Å². The topological polar surface area (TPSA) is 85.3 Å². The lowest BCUT2D eigenvalue weighted by molar-refractivity contribution is 0.479. The number of furan rings is 1. The van der Waals surface area contributed by atoms with E-state index in [1.807, 2.05) is 0 Å². The molecule has 0 bridgehead atoms. The van der Waals surface area contributed by atoms with Crippen molar-refractivity contribution in [2.75, 3.05) is 5.73 Å². The van der Waals surface area contributed by atoms with E-state index < -0.39 is 21.9 Å². The van der Waals surface area contributed by atoms with Crippen molar-refractivity contribution in [3.05, 3.63) is 48.2 Å². The average molecular weight is 298 g/mol. The van der Waals surface area contributed by atoms with Gasteiger partial charge in [0.15, 0.2) is 0 Å². The minimum atomic E-state index is -3.82. The number of nitrogens with two attached hydrogens (primary N) is 1. The molecule has 1 heterocycles. The first-order valence-electron chi connectivity index (χ1n) is 5.97. The number of hydrogen-bond acceptors (Lipinski definition) is 4. The van der Waals surface area contributed by atoms with Crippen LogP contribution in [0.1, 0.15) is 12.7 Å². The highest BCUT2D eigenvalue weighted by Crippen LogP contribution is 2.16. The number of nitrogens with one attached hydrogen (secondary N) is 1. The van der Waals surface area contributed by atoms with Crippen LogP contribution in [0.2, 0.25) is 0 Å². The number of anilines is 1. The molecule has 0 radical (unpaired) electrons. The van der Waals surface area contributed by atoms with Crippen LogP contribution < -0.4 is 10.5 Å². The van der Waals surface area contributed by atoms with Crippen LogP contribution in [-0.4, -0.2) is 14.5 Å². The summed E-state index contributed by atoms with van der Waals surface area (Å²) in [5.41, 5.74) is 5.51. The lowest BCUT2D eigenvalue weighted by atomic mass is 10.2. The number of halogens is 1. The van der Waals surface area contributed by atoms with E-state index in [1.165, 1.54) is 12.3 Å². The predicted molar refractivity (Wildman–Crippen MR) is 73.0 cm³/mol. The Morgan fingerprint density at radius 1 is 1.40 bits per heavy atom. The maximum atomic E-state index is 13.2. The maximum Gasteiger partial charge on any atom is 0.241 e. The van der Waals surface area contributed by atoms with Crippen molar-refractivity contribution in [3.8, 4) is 0 Å². The Balaban J connectivity index is 2.14. The molecule has 108 valence electrons. The third-order valence-electron chi connectivity index (χ3n) is 2.65. The van der Waals surface area contributed by atoms with Crippen molar-refractivity contribution in [3.63, 3.8) is 0 Å². The molecular weight excluding hydrogens is 283 g/mol. The van der Waals surface area contributed by atoms with Crippen LogP contribution in [0.5, 0.6) is 0 Å². The summed E-state index contributed by atoms with van der Waals surface area (Å²) in [6.45, 7) is 1.70. The minimum Gasteiger partial charge on any atom is -0.469 e. The van der Waals surface area contributed by atoms with Gasteiger partial charge in [-0.15, -0.1) is 0 Å². The second kappa shape index (κ2) is 5.64. The van der Waals surface area contributed by atoms with Crippen LogP contribution in [0.4, 0.5) is 10.1 Å². The normalized spacial score (nSPS) is 13.3. The number of benzene rings is 1. The predicted octanol–water partition coefficient (Wildman–Crippen LogP) is 1.91. The minimum absolute atomic E-state index is 0.0593. The van der Waals surface area contributed by atoms with Crippen molar-refractivity contribution in [2.45, 2.75) is 24.3 Å². The first-order chi connectivity index (χ1) is 9.37. The maximum absolute atomic E-state index is 13.2. The van der Waals surface area contributed by atoms with E-state index in [9.17, 15) is 12.8 Å². The highest BCUT2D eigenvalue weighted by molar-refractivity contribution is 7.89. The summed E-state index contributed by atoms with van der Waals surface area (Å²) in [4.78, 5) is -0.193. The molecule has 2 aromatic rings. The molecule has 1 aromatic heterocycles. The van der Waals surface area contributed by atoms with Crippen molar-refractivity contribution < 1.29 is 17.2 Å². The number of rotatable bonds is 5. The first kappa shape index (κ1) is 14.5. The summed E-state index contributed by atoms with van der Waals surface area (Å²) < 4.78 is 45.0. The molecule has 1 aromatic carbocycles. The summed E-state index contributed by atoms with van der Waals surface area (Å²) >= 11 is 0. The van der Waals surface area contributed by atoms with Crippen LogP contribution in [0.3, 0.4) is 0 Å². The Morgan fingerprint density at radius 3 is 2.75 bits per heavy atom. The van der Waals surface area contributed by atoms with E-state index in [4.69, 9.17) is 10.2 Å². The summed E-state index contributed by atoms with van der Waals surface area (Å²) in [6.07, 6.45) is 1.92. The van der Waals surface area contributed by atoms with Gasteiger partial charge in [0.2, 0.25) is 10.0 Å². The van der Waals surface area contributed by atoms with Crippen molar-refractivity contribution in [1.82, 2.24) is 4.72 Å². The smallest absolute Gasteiger partial charge is 0.241 e. The molecule has 0 aliphatic carbocycles. The molecule has 5 nitrogen and oxygen atoms in total. The Labute approximate surface area is 116 Å². The molecule has 0 spiro atoms. The second-order valence-electron chi connectivity index (χ2n) is 4.53. The van der Waals surface area contributed by atoms with Gasteiger partial charge in [-0.3, -0.25) is 0 Å². The Kier molecular flexibility index (Phi) is 4.10. The quantitative estimate of drug-likeness (QED) is 0.826. The molecule has 0 aliphatic heterocycles. The van der Waals surface area contributed by atoms with E-state index in [0.717, 1.165) is 12.1 Å². The molecule has 1 unspecified atom stereocenters. The van der Waals surface area contributed by atoms with Gasteiger partial charge in [-0.25, -0.2) is 17.5 Å². The highest BCUT2D eigenvalue weighted by Gasteiger charge is 2.19. The Bertz CT molecular complexity index is 663. The molecule has 2 rings (SSSR count). The van der Waals surface area contributed by atoms with Crippen LogP contribution in [0, 0.1) is 5.82 Å². The monoisotopic (exact) mass is 298 g/mol. The van der Waals surface area contributed by atoms with E-state index in [1.54, 1.807) is 19.1 Å². The summed E-state index contributed by atoms with van der Waals surface area (Å²) in [7, 11) is -3.82. The summed E-state index contributed by atoms with van der Waals surface area (Å²) in [5, 5.41) is 0. The zero-order valence-corrected chi connectivity index (χ0v) is 11.7. The van der Waals surface area contributed by atoms with Crippen molar-refractivity contribution in [2.24, 2.45) is 0 Å². The molecule has 3 N–H and O–H groups in total. The van der Waals surface area contributed by atoms with Crippen LogP contribution >= 0.6 is 0 Å². The number of hydrogen-bond donors (Lipinski definition) is 2. The van der Waals surface area contributed by atoms with Gasteiger partial charge in [0, 0.05) is 18.2 Å². The standard InChI is InChI=1S/C13H15FN2O3S/c1-9(5-12-3-2-4-19-12)16-20(17,18)13-7-10(14)6-11(15)8-13/h2-4,6-9,16H,5,15H2,1H3. The van der Waals surface area contributed by atoms with E-state index >= 15 is 0 Å². The lowest BCUT2D eigenvalue weighted by Gasteiger charge is -2.13. The molecule has 20 heavy (non-hydrogen) atoms. The second-order valence-corrected chi connectivity index (χ2v) is 6.24. The van der Waals surface area contributed by atoms with E-state index in [-0.39, 0.29) is 10.6 Å². The van der Waals surface area contributed by atoms with Gasteiger partial charge in [0.1, 0.15) is 11.6 Å². The van der Waals surface area contributed by atoms with Crippen LogP contribution in [0.15, 0.2) is 45.9 Å². The van der Waals surface area contributed by atoms with Gasteiger partial charge in [-0.2, -0.15) is 0 Å². The van der Waals surface area contributed by atoms with E-state index in [0.29, 0.717) is 12.2 Å². The molecule has 0 fully saturated rings. The highest BCUT2D eigenvalue weighted by atomic mass is 32.2. The SMILES string of the molecule is CC(Cc1ccco1)NS(=O)(=O)c1cc(N)cc(F)c1. The molecule has 1 atom stereocenters. The van der Waals surface area contributed by atoms with Gasteiger partial charge in [-0.05, 0) is 37.3 Å². The van der Waals surface area contributed by atoms with Crippen LogP contribution in [0.25, 0.3) is 0 Å². The first-order valence-corrected chi connectivity index (χ1v) is 7.46. The van der Waals surface area contributed by atoms with Gasteiger partial charge in [0.25, 0.3) is 0 Å². The van der Waals surface area contributed by atoms with Crippen LogP contribution in [-0.2, 0) is 16.4 Å². The zero-order chi connectivity index (χ0) is 14.8. The zero-order valence-electron chi connectivity index (χ0n) is 10.8. The fourth-order valence-electron chi connectivity index (χ4n) is 1.84. The van der Waals surface area contributed by atoms with Gasteiger partial charge in [0.05, 0.1) is 11.2 Å². The molecule has 0 saturated carbocycles. The third kappa shape index (κ3) is 3.58. The van der Waals surface area contributed by atoms with Crippen molar-refractivity contribution >= 4 is 15.7 Å². The molecule has 0 saturated heterocycles. The molecule has 0 aliphatic rings. The average Bonchev–Trinajstić information content (AvgIpc) is 2.79. The van der Waals surface area contributed by atoms with Gasteiger partial charge >= 0.3 is 0 Å². The fourth-order valence-corrected chi connectivity index (χ4v) is 3.15. The third-order valence-corrected chi connectivity index (χ3v) is 4.22. The molecule has 7 heteroatoms. The number of sulfonamides is 1. The summed E-state index contributed by atoms with van der Waals surface area (Å²) in [5.74, 6) is -0.0250. The number of nitrogen functional groups attached to an aromatic ring is 1. The Hall–Kier alpha value is -1.86. The fraction of sp³-hybridized carbons (Fsp3) is 0.231. The molecular formula is C13H15FN2O3S. The molecule has 0 amide bonds. The van der Waals surface area contributed by atoms with Gasteiger partial charge < -0.3 is 10.2 Å². The van der Waals surface area contributed by atoms with E-state index in [2.05, 4.69) is 4.72 Å². The lowest BCUT2D eigenvalue weighted by Crippen LogP contribution is -2.34.